The van der Waals surface area contributed by atoms with Crippen molar-refractivity contribution in [1.82, 2.24) is 5.32 Å². The van der Waals surface area contributed by atoms with Crippen molar-refractivity contribution in [3.05, 3.63) is 24.3 Å². The number of carbonyl (C=O) groups is 1. The zero-order valence-electron chi connectivity index (χ0n) is 9.23. The number of benzene rings is 1. The summed E-state index contributed by atoms with van der Waals surface area (Å²) in [7, 11) is 0. The minimum atomic E-state index is -0.546. The highest BCUT2D eigenvalue weighted by Gasteiger charge is 1.96. The van der Waals surface area contributed by atoms with Gasteiger partial charge in [0.15, 0.2) is 0 Å². The summed E-state index contributed by atoms with van der Waals surface area (Å²) in [5, 5.41) is 2.44. The molecule has 0 aliphatic carbocycles. The summed E-state index contributed by atoms with van der Waals surface area (Å²) in [5.41, 5.74) is 4.90. The summed E-state index contributed by atoms with van der Waals surface area (Å²) in [6.45, 7) is 3.35. The number of ether oxygens (including phenoxy) is 2. The molecule has 0 atom stereocenters. The van der Waals surface area contributed by atoms with E-state index in [1.165, 1.54) is 0 Å². The molecule has 88 valence electrons. The van der Waals surface area contributed by atoms with Gasteiger partial charge in [-0.1, -0.05) is 0 Å². The molecule has 1 aromatic carbocycles. The van der Waals surface area contributed by atoms with E-state index < -0.39 is 6.03 Å². The minimum absolute atomic E-state index is 0.386. The van der Waals surface area contributed by atoms with Gasteiger partial charge in [0.2, 0.25) is 0 Å². The highest BCUT2D eigenvalue weighted by atomic mass is 16.5. The molecule has 0 unspecified atom stereocenters. The predicted molar refractivity (Wildman–Crippen MR) is 60.7 cm³/mol. The summed E-state index contributed by atoms with van der Waals surface area (Å²) in [4.78, 5) is 10.4. The van der Waals surface area contributed by atoms with E-state index in [0.29, 0.717) is 19.8 Å². The Morgan fingerprint density at radius 2 is 1.81 bits per heavy atom. The van der Waals surface area contributed by atoms with Crippen molar-refractivity contribution in [2.75, 3.05) is 19.8 Å². The van der Waals surface area contributed by atoms with Crippen LogP contribution in [0.4, 0.5) is 4.79 Å². The first kappa shape index (κ1) is 12.2. The van der Waals surface area contributed by atoms with Gasteiger partial charge < -0.3 is 20.5 Å². The second kappa shape index (κ2) is 6.55. The molecule has 0 radical (unpaired) electrons. The highest BCUT2D eigenvalue weighted by Crippen LogP contribution is 2.17. The number of hydrogen-bond donors (Lipinski definition) is 2. The molecule has 16 heavy (non-hydrogen) atoms. The number of carbonyl (C=O) groups excluding carboxylic acids is 1. The lowest BCUT2D eigenvalue weighted by molar-refractivity contribution is 0.244. The highest BCUT2D eigenvalue weighted by molar-refractivity contribution is 5.71. The molecule has 2 amide bonds. The number of hydrogen-bond acceptors (Lipinski definition) is 3. The molecule has 1 rings (SSSR count). The van der Waals surface area contributed by atoms with E-state index in [9.17, 15) is 4.79 Å². The maximum atomic E-state index is 10.4. The van der Waals surface area contributed by atoms with E-state index in [1.54, 1.807) is 0 Å². The van der Waals surface area contributed by atoms with Crippen molar-refractivity contribution < 1.29 is 14.3 Å². The number of nitrogens with two attached hydrogens (primary N) is 1. The minimum Gasteiger partial charge on any atom is -0.494 e. The molecular formula is C11H16N2O3. The van der Waals surface area contributed by atoms with Crippen LogP contribution in [-0.4, -0.2) is 25.8 Å². The van der Waals surface area contributed by atoms with Crippen LogP contribution >= 0.6 is 0 Å². The molecule has 0 aliphatic rings. The molecule has 0 fully saturated rings. The Bertz CT molecular complexity index is 325. The Balaban J connectivity index is 2.29. The van der Waals surface area contributed by atoms with Gasteiger partial charge in [0.25, 0.3) is 0 Å². The van der Waals surface area contributed by atoms with Crippen LogP contribution in [0.2, 0.25) is 0 Å². The molecule has 0 heterocycles. The first-order valence-electron chi connectivity index (χ1n) is 5.11. The normalized spacial score (nSPS) is 9.56. The number of nitrogens with one attached hydrogen (secondary N) is 1. The van der Waals surface area contributed by atoms with E-state index in [1.807, 2.05) is 31.2 Å². The van der Waals surface area contributed by atoms with Crippen LogP contribution in [0.5, 0.6) is 11.5 Å². The molecular weight excluding hydrogens is 208 g/mol. The molecule has 0 bridgehead atoms. The van der Waals surface area contributed by atoms with Crippen molar-refractivity contribution in [3.8, 4) is 11.5 Å². The number of rotatable bonds is 6. The van der Waals surface area contributed by atoms with Crippen LogP contribution in [-0.2, 0) is 0 Å². The molecule has 0 aliphatic heterocycles. The van der Waals surface area contributed by atoms with Gasteiger partial charge in [0.1, 0.15) is 18.1 Å². The average Bonchev–Trinajstić information content (AvgIpc) is 2.27. The Kier molecular flexibility index (Phi) is 4.98. The molecule has 0 saturated heterocycles. The van der Waals surface area contributed by atoms with Gasteiger partial charge in [-0.25, -0.2) is 4.79 Å². The van der Waals surface area contributed by atoms with E-state index in [2.05, 4.69) is 5.32 Å². The smallest absolute Gasteiger partial charge is 0.312 e. The number of amides is 2. The molecule has 1 aromatic rings. The van der Waals surface area contributed by atoms with Crippen LogP contribution < -0.4 is 20.5 Å². The Labute approximate surface area is 94.5 Å². The predicted octanol–water partition coefficient (Wildman–Crippen LogP) is 1.13. The van der Waals surface area contributed by atoms with Crippen molar-refractivity contribution in [1.29, 1.82) is 0 Å². The van der Waals surface area contributed by atoms with Crippen molar-refractivity contribution in [3.63, 3.8) is 0 Å². The van der Waals surface area contributed by atoms with E-state index in [0.717, 1.165) is 11.5 Å². The third-order valence-corrected chi connectivity index (χ3v) is 1.80. The monoisotopic (exact) mass is 224 g/mol. The number of primary amides is 1. The van der Waals surface area contributed by atoms with Gasteiger partial charge >= 0.3 is 6.03 Å². The van der Waals surface area contributed by atoms with Crippen molar-refractivity contribution >= 4 is 6.03 Å². The zero-order valence-corrected chi connectivity index (χ0v) is 9.23. The van der Waals surface area contributed by atoms with Gasteiger partial charge in [0.05, 0.1) is 13.2 Å². The second-order valence-corrected chi connectivity index (χ2v) is 3.04. The van der Waals surface area contributed by atoms with Crippen molar-refractivity contribution in [2.24, 2.45) is 5.73 Å². The van der Waals surface area contributed by atoms with Gasteiger partial charge in [-0.3, -0.25) is 0 Å². The van der Waals surface area contributed by atoms with Crippen LogP contribution in [0.15, 0.2) is 24.3 Å². The topological polar surface area (TPSA) is 73.6 Å². The zero-order chi connectivity index (χ0) is 11.8. The standard InChI is InChI=1S/C11H16N2O3/c1-2-15-9-3-5-10(6-4-9)16-8-7-13-11(12)14/h3-6H,2,7-8H2,1H3,(H3,12,13,14). The molecule has 5 heteroatoms. The van der Waals surface area contributed by atoms with Crippen LogP contribution in [0.3, 0.4) is 0 Å². The first-order chi connectivity index (χ1) is 7.72. The van der Waals surface area contributed by atoms with Crippen LogP contribution in [0, 0.1) is 0 Å². The maximum Gasteiger partial charge on any atom is 0.312 e. The van der Waals surface area contributed by atoms with E-state index in [4.69, 9.17) is 15.2 Å². The molecule has 3 N–H and O–H groups in total. The van der Waals surface area contributed by atoms with Crippen LogP contribution in [0.1, 0.15) is 6.92 Å². The van der Waals surface area contributed by atoms with Gasteiger partial charge in [-0.2, -0.15) is 0 Å². The maximum absolute atomic E-state index is 10.4. The Hall–Kier alpha value is -1.91. The van der Waals surface area contributed by atoms with Crippen LogP contribution in [0.25, 0.3) is 0 Å². The summed E-state index contributed by atoms with van der Waals surface area (Å²) < 4.78 is 10.7. The molecule has 0 saturated carbocycles. The van der Waals surface area contributed by atoms with Gasteiger partial charge in [-0.05, 0) is 31.2 Å². The SMILES string of the molecule is CCOc1ccc(OCCNC(N)=O)cc1. The Morgan fingerprint density at radius 3 is 2.31 bits per heavy atom. The summed E-state index contributed by atoms with van der Waals surface area (Å²) in [5.74, 6) is 1.54. The van der Waals surface area contributed by atoms with Gasteiger partial charge in [0, 0.05) is 0 Å². The lowest BCUT2D eigenvalue weighted by Crippen LogP contribution is -2.32. The Morgan fingerprint density at radius 1 is 1.25 bits per heavy atom. The lowest BCUT2D eigenvalue weighted by Gasteiger charge is -2.07. The lowest BCUT2D eigenvalue weighted by atomic mass is 10.3. The molecule has 0 spiro atoms. The average molecular weight is 224 g/mol. The first-order valence-corrected chi connectivity index (χ1v) is 5.11. The quantitative estimate of drug-likeness (QED) is 0.711. The summed E-state index contributed by atoms with van der Waals surface area (Å²) >= 11 is 0. The second-order valence-electron chi connectivity index (χ2n) is 3.04. The number of urea groups is 1. The fraction of sp³-hybridized carbons (Fsp3) is 0.364. The van der Waals surface area contributed by atoms with E-state index in [-0.39, 0.29) is 0 Å². The van der Waals surface area contributed by atoms with Crippen molar-refractivity contribution in [2.45, 2.75) is 6.92 Å². The van der Waals surface area contributed by atoms with E-state index >= 15 is 0 Å². The van der Waals surface area contributed by atoms with Gasteiger partial charge in [-0.15, -0.1) is 0 Å². The molecule has 0 aromatic heterocycles. The fourth-order valence-corrected chi connectivity index (χ4v) is 1.14. The fourth-order valence-electron chi connectivity index (χ4n) is 1.14. The summed E-state index contributed by atoms with van der Waals surface area (Å²) in [6.07, 6.45) is 0. The molecule has 5 nitrogen and oxygen atoms in total. The third kappa shape index (κ3) is 4.54. The largest absolute Gasteiger partial charge is 0.494 e. The third-order valence-electron chi connectivity index (χ3n) is 1.80. The summed E-state index contributed by atoms with van der Waals surface area (Å²) in [6, 6.07) is 6.75.